The van der Waals surface area contributed by atoms with Gasteiger partial charge in [-0.15, -0.1) is 11.3 Å². The van der Waals surface area contributed by atoms with Crippen LogP contribution in [0.2, 0.25) is 0 Å². The summed E-state index contributed by atoms with van der Waals surface area (Å²) >= 11 is 1.90. The van der Waals surface area contributed by atoms with E-state index in [1.807, 2.05) is 11.3 Å². The molecule has 3 heterocycles. The van der Waals surface area contributed by atoms with Crippen LogP contribution < -0.4 is 5.32 Å². The molecule has 3 rings (SSSR count). The molecule has 4 heteroatoms. The summed E-state index contributed by atoms with van der Waals surface area (Å²) in [5.41, 5.74) is 2.84. The van der Waals surface area contributed by atoms with Crippen molar-refractivity contribution in [3.8, 4) is 0 Å². The molecule has 1 aliphatic rings. The summed E-state index contributed by atoms with van der Waals surface area (Å²) in [4.78, 5) is 4.09. The Kier molecular flexibility index (Phi) is 4.48. The van der Waals surface area contributed by atoms with Crippen LogP contribution in [0.1, 0.15) is 41.4 Å². The Bertz CT molecular complexity index is 600. The van der Waals surface area contributed by atoms with E-state index < -0.39 is 0 Å². The molecule has 0 unspecified atom stereocenters. The highest BCUT2D eigenvalue weighted by Gasteiger charge is 2.19. The second-order valence-electron chi connectivity index (χ2n) is 6.16. The lowest BCUT2D eigenvalue weighted by atomic mass is 10.1. The monoisotopic (exact) mass is 304 g/mol. The van der Waals surface area contributed by atoms with Crippen LogP contribution >= 0.6 is 11.3 Å². The van der Waals surface area contributed by atoms with Crippen molar-refractivity contribution in [1.29, 1.82) is 0 Å². The van der Waals surface area contributed by atoms with Gasteiger partial charge in [0.05, 0.1) is 6.54 Å². The largest absolute Gasteiger partial charge is 0.465 e. The van der Waals surface area contributed by atoms with E-state index in [1.165, 1.54) is 17.5 Å². The van der Waals surface area contributed by atoms with Crippen molar-refractivity contribution in [2.45, 2.75) is 52.9 Å². The minimum Gasteiger partial charge on any atom is -0.465 e. The molecular weight excluding hydrogens is 280 g/mol. The maximum atomic E-state index is 5.87. The molecule has 0 aliphatic carbocycles. The first kappa shape index (κ1) is 14.8. The zero-order valence-electron chi connectivity index (χ0n) is 13.1. The zero-order chi connectivity index (χ0) is 14.8. The van der Waals surface area contributed by atoms with Gasteiger partial charge in [-0.05, 0) is 36.4 Å². The van der Waals surface area contributed by atoms with Crippen LogP contribution in [0.5, 0.6) is 0 Å². The van der Waals surface area contributed by atoms with E-state index in [-0.39, 0.29) is 0 Å². The molecular formula is C17H24N2OS. The van der Waals surface area contributed by atoms with Crippen molar-refractivity contribution in [3.05, 3.63) is 45.0 Å². The van der Waals surface area contributed by atoms with Gasteiger partial charge in [-0.2, -0.15) is 0 Å². The average molecular weight is 304 g/mol. The third-order valence-electron chi connectivity index (χ3n) is 4.04. The first-order valence-electron chi connectivity index (χ1n) is 7.71. The van der Waals surface area contributed by atoms with Crippen LogP contribution in [0.25, 0.3) is 0 Å². The lowest BCUT2D eigenvalue weighted by molar-refractivity contribution is 0.246. The topological polar surface area (TPSA) is 28.4 Å². The Morgan fingerprint density at radius 2 is 2.29 bits per heavy atom. The zero-order valence-corrected chi connectivity index (χ0v) is 13.9. The Labute approximate surface area is 131 Å². The molecule has 21 heavy (non-hydrogen) atoms. The number of furan rings is 1. The van der Waals surface area contributed by atoms with Gasteiger partial charge in [0.1, 0.15) is 11.5 Å². The number of thiophene rings is 1. The number of hydrogen-bond acceptors (Lipinski definition) is 4. The normalized spacial score (nSPS) is 15.6. The van der Waals surface area contributed by atoms with Gasteiger partial charge >= 0.3 is 0 Å². The second kappa shape index (κ2) is 6.34. The molecule has 2 aromatic rings. The smallest absolute Gasteiger partial charge is 0.118 e. The van der Waals surface area contributed by atoms with E-state index in [1.54, 1.807) is 4.88 Å². The van der Waals surface area contributed by atoms with Gasteiger partial charge in [0.15, 0.2) is 0 Å². The molecule has 114 valence electrons. The summed E-state index contributed by atoms with van der Waals surface area (Å²) < 4.78 is 5.87. The number of aryl methyl sites for hydroxylation is 1. The van der Waals surface area contributed by atoms with Gasteiger partial charge in [-0.3, -0.25) is 4.90 Å². The lowest BCUT2D eigenvalue weighted by Gasteiger charge is -2.26. The predicted octanol–water partition coefficient (Wildman–Crippen LogP) is 3.71. The lowest BCUT2D eigenvalue weighted by Crippen LogP contribution is -2.29. The molecule has 0 aromatic carbocycles. The number of hydrogen-bond donors (Lipinski definition) is 1. The first-order valence-corrected chi connectivity index (χ1v) is 8.59. The van der Waals surface area contributed by atoms with Gasteiger partial charge in [0.25, 0.3) is 0 Å². The number of nitrogens with one attached hydrogen (secondary N) is 1. The number of rotatable bonds is 5. The number of fused-ring (bicyclic) bond motifs is 1. The summed E-state index contributed by atoms with van der Waals surface area (Å²) in [6, 6.07) is 4.97. The quantitative estimate of drug-likeness (QED) is 0.913. The minimum absolute atomic E-state index is 0.484. The van der Waals surface area contributed by atoms with Crippen LogP contribution in [0, 0.1) is 6.92 Å². The van der Waals surface area contributed by atoms with Crippen molar-refractivity contribution in [3.63, 3.8) is 0 Å². The maximum absolute atomic E-state index is 5.87. The molecule has 0 spiro atoms. The number of nitrogens with zero attached hydrogens (tertiary/aromatic N) is 1. The van der Waals surface area contributed by atoms with Crippen LogP contribution in [0.15, 0.2) is 21.9 Å². The predicted molar refractivity (Wildman–Crippen MR) is 87.6 cm³/mol. The maximum Gasteiger partial charge on any atom is 0.118 e. The molecule has 0 bridgehead atoms. The van der Waals surface area contributed by atoms with E-state index in [4.69, 9.17) is 4.42 Å². The minimum atomic E-state index is 0.484. The van der Waals surface area contributed by atoms with E-state index >= 15 is 0 Å². The van der Waals surface area contributed by atoms with E-state index in [0.29, 0.717) is 6.04 Å². The second-order valence-corrected chi connectivity index (χ2v) is 7.16. The average Bonchev–Trinajstić information content (AvgIpc) is 3.03. The molecule has 1 aliphatic heterocycles. The molecule has 2 aromatic heterocycles. The van der Waals surface area contributed by atoms with E-state index in [2.05, 4.69) is 48.5 Å². The fraction of sp³-hybridized carbons (Fsp3) is 0.529. The highest BCUT2D eigenvalue weighted by atomic mass is 32.1. The highest BCUT2D eigenvalue weighted by Crippen LogP contribution is 2.26. The van der Waals surface area contributed by atoms with Crippen molar-refractivity contribution >= 4 is 11.3 Å². The third kappa shape index (κ3) is 3.57. The van der Waals surface area contributed by atoms with Crippen LogP contribution in [-0.4, -0.2) is 17.5 Å². The fourth-order valence-electron chi connectivity index (χ4n) is 2.82. The molecule has 0 atom stereocenters. The van der Waals surface area contributed by atoms with Crippen LogP contribution in [-0.2, 0) is 26.1 Å². The van der Waals surface area contributed by atoms with Gasteiger partial charge in [0, 0.05) is 36.1 Å². The summed E-state index contributed by atoms with van der Waals surface area (Å²) in [6.07, 6.45) is 1.19. The van der Waals surface area contributed by atoms with E-state index in [0.717, 1.165) is 37.7 Å². The van der Waals surface area contributed by atoms with E-state index in [9.17, 15) is 0 Å². The molecule has 0 fully saturated rings. The van der Waals surface area contributed by atoms with Crippen molar-refractivity contribution in [2.24, 2.45) is 0 Å². The van der Waals surface area contributed by atoms with Crippen LogP contribution in [0.4, 0.5) is 0 Å². The van der Waals surface area contributed by atoms with Gasteiger partial charge in [0.2, 0.25) is 0 Å². The van der Waals surface area contributed by atoms with Crippen molar-refractivity contribution in [1.82, 2.24) is 10.2 Å². The molecule has 3 nitrogen and oxygen atoms in total. The fourth-order valence-corrected chi connectivity index (χ4v) is 3.71. The summed E-state index contributed by atoms with van der Waals surface area (Å²) in [7, 11) is 0. The van der Waals surface area contributed by atoms with Gasteiger partial charge < -0.3 is 9.73 Å². The Balaban J connectivity index is 1.63. The molecule has 0 saturated heterocycles. The van der Waals surface area contributed by atoms with Gasteiger partial charge in [-0.1, -0.05) is 13.8 Å². The summed E-state index contributed by atoms with van der Waals surface area (Å²) in [5, 5.41) is 5.62. The molecule has 0 saturated carbocycles. The highest BCUT2D eigenvalue weighted by molar-refractivity contribution is 7.10. The first-order chi connectivity index (χ1) is 10.1. The summed E-state index contributed by atoms with van der Waals surface area (Å²) in [6.45, 7) is 10.4. The third-order valence-corrected chi connectivity index (χ3v) is 5.06. The van der Waals surface area contributed by atoms with Crippen LogP contribution in [0.3, 0.4) is 0 Å². The Morgan fingerprint density at radius 3 is 3.10 bits per heavy atom. The SMILES string of the molecule is Cc1oc(CNC(C)C)cc1CN1CCc2sccc2C1. The molecule has 0 amide bonds. The van der Waals surface area contributed by atoms with Gasteiger partial charge in [-0.25, -0.2) is 0 Å². The molecule has 1 N–H and O–H groups in total. The molecule has 0 radical (unpaired) electrons. The van der Waals surface area contributed by atoms with Crippen molar-refractivity contribution < 1.29 is 4.42 Å². The Hall–Kier alpha value is -1.10. The summed E-state index contributed by atoms with van der Waals surface area (Å²) in [5.74, 6) is 2.11. The van der Waals surface area contributed by atoms with Crippen molar-refractivity contribution in [2.75, 3.05) is 6.54 Å². The standard InChI is InChI=1S/C17H24N2OS/c1-12(2)18-9-16-8-15(13(3)20-16)11-19-6-4-17-14(10-19)5-7-21-17/h5,7-8,12,18H,4,6,9-11H2,1-3H3. The Morgan fingerprint density at radius 1 is 1.43 bits per heavy atom.